The van der Waals surface area contributed by atoms with Gasteiger partial charge in [0.1, 0.15) is 5.75 Å². The zero-order valence-electron chi connectivity index (χ0n) is 16.1. The highest BCUT2D eigenvalue weighted by Gasteiger charge is 2.27. The molecule has 6 heteroatoms. The molecule has 0 bridgehead atoms. The predicted molar refractivity (Wildman–Crippen MR) is 106 cm³/mol. The molecule has 1 aliphatic rings. The second-order valence-electron chi connectivity index (χ2n) is 7.55. The first-order chi connectivity index (χ1) is 13.0. The average molecular weight is 366 g/mol. The fourth-order valence-electron chi connectivity index (χ4n) is 3.89. The average Bonchev–Trinajstić information content (AvgIpc) is 3.20. The summed E-state index contributed by atoms with van der Waals surface area (Å²) in [6.07, 6.45) is 2.90. The van der Waals surface area contributed by atoms with Crippen LogP contribution in [0.3, 0.4) is 0 Å². The zero-order valence-corrected chi connectivity index (χ0v) is 16.1. The lowest BCUT2D eigenvalue weighted by molar-refractivity contribution is 0.242. The number of aromatic nitrogens is 3. The molecule has 0 aliphatic carbocycles. The van der Waals surface area contributed by atoms with Crippen molar-refractivity contribution < 1.29 is 4.74 Å². The molecule has 1 atom stereocenters. The Labute approximate surface area is 159 Å². The van der Waals surface area contributed by atoms with Crippen LogP contribution in [-0.2, 0) is 13.6 Å². The molecule has 1 saturated heterocycles. The van der Waals surface area contributed by atoms with Gasteiger partial charge in [0.25, 0.3) is 0 Å². The molecule has 0 saturated carbocycles. The maximum absolute atomic E-state index is 12.7. The van der Waals surface area contributed by atoms with Gasteiger partial charge in [-0.05, 0) is 50.1 Å². The molecular formula is C21H26N4O2. The number of rotatable bonds is 5. The van der Waals surface area contributed by atoms with Crippen LogP contribution >= 0.6 is 0 Å². The molecule has 1 aromatic carbocycles. The summed E-state index contributed by atoms with van der Waals surface area (Å²) in [6.45, 7) is 6.78. The van der Waals surface area contributed by atoms with E-state index in [0.717, 1.165) is 43.0 Å². The third kappa shape index (κ3) is 3.49. The Balaban J connectivity index is 1.48. The number of fused-ring (bicyclic) bond motifs is 1. The zero-order chi connectivity index (χ0) is 19.0. The molecule has 0 spiro atoms. The summed E-state index contributed by atoms with van der Waals surface area (Å²) in [5, 5.41) is 0. The summed E-state index contributed by atoms with van der Waals surface area (Å²) in [7, 11) is 1.82. The lowest BCUT2D eigenvalue weighted by Gasteiger charge is -2.17. The van der Waals surface area contributed by atoms with Crippen LogP contribution in [0.2, 0.25) is 0 Å². The van der Waals surface area contributed by atoms with Gasteiger partial charge in [-0.25, -0.2) is 9.78 Å². The van der Waals surface area contributed by atoms with Crippen LogP contribution in [0.5, 0.6) is 5.75 Å². The molecule has 0 unspecified atom stereocenters. The second-order valence-corrected chi connectivity index (χ2v) is 7.55. The van der Waals surface area contributed by atoms with Crippen LogP contribution in [0, 0.1) is 0 Å². The molecule has 4 rings (SSSR count). The van der Waals surface area contributed by atoms with Gasteiger partial charge in [0.15, 0.2) is 5.65 Å². The summed E-state index contributed by atoms with van der Waals surface area (Å²) in [5.74, 6) is 0.904. The Kier molecular flexibility index (Phi) is 4.74. The fourth-order valence-corrected chi connectivity index (χ4v) is 3.89. The topological polar surface area (TPSA) is 52.3 Å². The van der Waals surface area contributed by atoms with Crippen LogP contribution < -0.4 is 10.4 Å². The van der Waals surface area contributed by atoms with Gasteiger partial charge in [-0.15, -0.1) is 0 Å². The normalized spacial score (nSPS) is 17.9. The van der Waals surface area contributed by atoms with Crippen molar-refractivity contribution in [3.8, 4) is 5.75 Å². The minimum absolute atomic E-state index is 0.0192. The lowest BCUT2D eigenvalue weighted by Crippen LogP contribution is -2.28. The van der Waals surface area contributed by atoms with Gasteiger partial charge >= 0.3 is 5.69 Å². The van der Waals surface area contributed by atoms with Crippen molar-refractivity contribution in [1.82, 2.24) is 19.0 Å². The first-order valence-corrected chi connectivity index (χ1v) is 9.53. The number of nitrogens with zero attached hydrogens (tertiary/aromatic N) is 4. The Morgan fingerprint density at radius 3 is 2.74 bits per heavy atom. The molecule has 0 N–H and O–H groups in total. The van der Waals surface area contributed by atoms with E-state index in [2.05, 4.69) is 22.0 Å². The van der Waals surface area contributed by atoms with E-state index in [1.54, 1.807) is 10.8 Å². The van der Waals surface area contributed by atoms with Gasteiger partial charge in [-0.2, -0.15) is 0 Å². The summed E-state index contributed by atoms with van der Waals surface area (Å²) >= 11 is 0. The summed E-state index contributed by atoms with van der Waals surface area (Å²) in [6, 6.07) is 12.3. The van der Waals surface area contributed by atoms with Crippen molar-refractivity contribution in [1.29, 1.82) is 0 Å². The largest absolute Gasteiger partial charge is 0.491 e. The van der Waals surface area contributed by atoms with E-state index >= 15 is 0 Å². The first-order valence-electron chi connectivity index (χ1n) is 9.53. The van der Waals surface area contributed by atoms with Crippen molar-refractivity contribution in [2.24, 2.45) is 7.05 Å². The van der Waals surface area contributed by atoms with E-state index < -0.39 is 0 Å². The fraction of sp³-hybridized carbons (Fsp3) is 0.429. The Bertz CT molecular complexity index is 988. The molecule has 27 heavy (non-hydrogen) atoms. The van der Waals surface area contributed by atoms with Gasteiger partial charge in [-0.3, -0.25) is 14.0 Å². The molecule has 1 aliphatic heterocycles. The smallest absolute Gasteiger partial charge is 0.330 e. The molecule has 6 nitrogen and oxygen atoms in total. The summed E-state index contributed by atoms with van der Waals surface area (Å²) < 4.78 is 9.27. The molecule has 2 aromatic heterocycles. The Hall–Kier alpha value is -2.60. The highest BCUT2D eigenvalue weighted by atomic mass is 16.5. The van der Waals surface area contributed by atoms with E-state index in [0.29, 0.717) is 0 Å². The van der Waals surface area contributed by atoms with Crippen LogP contribution in [0.1, 0.15) is 31.9 Å². The molecule has 142 valence electrons. The van der Waals surface area contributed by atoms with Crippen LogP contribution in [0.15, 0.2) is 47.4 Å². The van der Waals surface area contributed by atoms with Crippen molar-refractivity contribution in [3.05, 3.63) is 58.6 Å². The van der Waals surface area contributed by atoms with Crippen LogP contribution in [0.25, 0.3) is 11.2 Å². The first kappa shape index (κ1) is 17.8. The molecule has 0 radical (unpaired) electrons. The minimum atomic E-state index is 0.0192. The predicted octanol–water partition coefficient (Wildman–Crippen LogP) is 2.97. The summed E-state index contributed by atoms with van der Waals surface area (Å²) in [5.41, 5.74) is 2.95. The standard InChI is InChI=1S/C21H26N4O2/c1-15(2)27-18-8-6-16(7-9-18)13-24-12-10-17(14-24)25-20-19(5-4-11-22-20)23(3)21(25)26/h4-9,11,15,17H,10,12-14H2,1-3H3/t17-/m1/s1. The maximum atomic E-state index is 12.7. The molecule has 3 heterocycles. The van der Waals surface area contributed by atoms with Crippen molar-refractivity contribution in [2.75, 3.05) is 13.1 Å². The van der Waals surface area contributed by atoms with Gasteiger partial charge < -0.3 is 4.74 Å². The number of ether oxygens (including phenoxy) is 1. The number of hydrogen-bond acceptors (Lipinski definition) is 4. The maximum Gasteiger partial charge on any atom is 0.330 e. The molecular weight excluding hydrogens is 340 g/mol. The second kappa shape index (κ2) is 7.19. The van der Waals surface area contributed by atoms with Crippen molar-refractivity contribution in [3.63, 3.8) is 0 Å². The van der Waals surface area contributed by atoms with Crippen molar-refractivity contribution >= 4 is 11.2 Å². The van der Waals surface area contributed by atoms with E-state index in [9.17, 15) is 4.79 Å². The number of pyridine rings is 1. The SMILES string of the molecule is CC(C)Oc1ccc(CN2CC[C@@H](n3c(=O)n(C)c4cccnc43)C2)cc1. The highest BCUT2D eigenvalue weighted by Crippen LogP contribution is 2.25. The number of imidazole rings is 1. The van der Waals surface area contributed by atoms with E-state index in [1.807, 2.05) is 49.7 Å². The third-order valence-electron chi connectivity index (χ3n) is 5.16. The van der Waals surface area contributed by atoms with Gasteiger partial charge in [0.05, 0.1) is 17.7 Å². The highest BCUT2D eigenvalue weighted by molar-refractivity contribution is 5.71. The molecule has 0 amide bonds. The third-order valence-corrected chi connectivity index (χ3v) is 5.16. The molecule has 3 aromatic rings. The van der Waals surface area contributed by atoms with Crippen molar-refractivity contribution in [2.45, 2.75) is 39.0 Å². The van der Waals surface area contributed by atoms with E-state index in [1.165, 1.54) is 5.56 Å². The Morgan fingerprint density at radius 2 is 2.00 bits per heavy atom. The monoisotopic (exact) mass is 366 g/mol. The van der Waals surface area contributed by atoms with Crippen LogP contribution in [-0.4, -0.2) is 38.2 Å². The van der Waals surface area contributed by atoms with E-state index in [-0.39, 0.29) is 17.8 Å². The summed E-state index contributed by atoms with van der Waals surface area (Å²) in [4.78, 5) is 19.6. The quantitative estimate of drug-likeness (QED) is 0.697. The lowest BCUT2D eigenvalue weighted by atomic mass is 10.2. The minimum Gasteiger partial charge on any atom is -0.491 e. The number of benzene rings is 1. The number of hydrogen-bond donors (Lipinski definition) is 0. The van der Waals surface area contributed by atoms with E-state index in [4.69, 9.17) is 4.74 Å². The van der Waals surface area contributed by atoms with Gasteiger partial charge in [0, 0.05) is 32.9 Å². The van der Waals surface area contributed by atoms with Gasteiger partial charge in [0.2, 0.25) is 0 Å². The van der Waals surface area contributed by atoms with Gasteiger partial charge in [-0.1, -0.05) is 12.1 Å². The number of likely N-dealkylation sites (tertiary alicyclic amines) is 1. The number of aryl methyl sites for hydroxylation is 1. The van der Waals surface area contributed by atoms with Crippen LogP contribution in [0.4, 0.5) is 0 Å². The molecule has 1 fully saturated rings. The Morgan fingerprint density at radius 1 is 1.22 bits per heavy atom.